The molecule has 1 amide bonds. The zero-order chi connectivity index (χ0) is 16.3. The summed E-state index contributed by atoms with van der Waals surface area (Å²) in [5.74, 6) is -0.333. The van der Waals surface area contributed by atoms with Gasteiger partial charge in [0.1, 0.15) is 11.4 Å². The van der Waals surface area contributed by atoms with Crippen LogP contribution in [0.1, 0.15) is 32.8 Å². The Labute approximate surface area is 130 Å². The van der Waals surface area contributed by atoms with Crippen LogP contribution in [0.2, 0.25) is 0 Å². The molecule has 1 aliphatic carbocycles. The molecule has 2 N–H and O–H groups in total. The number of nitrogens with one attached hydrogen (secondary N) is 1. The Hall–Kier alpha value is -1.88. The van der Waals surface area contributed by atoms with Crippen LogP contribution in [0.5, 0.6) is 0 Å². The summed E-state index contributed by atoms with van der Waals surface area (Å²) in [6.45, 7) is 5.33. The molecule has 1 aromatic rings. The van der Waals surface area contributed by atoms with Gasteiger partial charge in [-0.3, -0.25) is 4.79 Å². The fraction of sp³-hybridized carbons (Fsp3) is 0.529. The highest BCUT2D eigenvalue weighted by atomic mass is 16.6. The first-order valence-corrected chi connectivity index (χ1v) is 7.50. The standard InChI is InChI=1S/C17H23NO4/c1-17(2,3)22-16(21)18-13(15(20)12-10-14(12)19)9-11-7-5-4-6-8-11/h4-8,12-13,15,20H,9-10H2,1-3H3,(H,18,21)/t12?,13-,15?/m0/s1. The van der Waals surface area contributed by atoms with Crippen molar-refractivity contribution >= 4 is 11.9 Å². The molecule has 5 heteroatoms. The van der Waals surface area contributed by atoms with Gasteiger partial charge in [-0.05, 0) is 32.8 Å². The van der Waals surface area contributed by atoms with Gasteiger partial charge in [-0.15, -0.1) is 0 Å². The second-order valence-electron chi connectivity index (χ2n) is 6.71. The molecule has 1 saturated carbocycles. The fourth-order valence-corrected chi connectivity index (χ4v) is 2.33. The predicted molar refractivity (Wildman–Crippen MR) is 82.4 cm³/mol. The maximum absolute atomic E-state index is 12.0. The molecule has 0 heterocycles. The van der Waals surface area contributed by atoms with E-state index in [4.69, 9.17) is 4.74 Å². The number of alkyl carbamates (subject to hydrolysis) is 1. The zero-order valence-electron chi connectivity index (χ0n) is 13.2. The van der Waals surface area contributed by atoms with Crippen LogP contribution in [-0.4, -0.2) is 34.7 Å². The van der Waals surface area contributed by atoms with E-state index in [0.717, 1.165) is 5.56 Å². The third-order valence-corrected chi connectivity index (χ3v) is 3.50. The van der Waals surface area contributed by atoms with Gasteiger partial charge in [-0.25, -0.2) is 4.79 Å². The number of rotatable bonds is 5. The first kappa shape index (κ1) is 16.5. The van der Waals surface area contributed by atoms with E-state index in [1.807, 2.05) is 30.3 Å². The van der Waals surface area contributed by atoms with E-state index in [-0.39, 0.29) is 11.7 Å². The molecular weight excluding hydrogens is 282 g/mol. The highest BCUT2D eigenvalue weighted by molar-refractivity contribution is 5.96. The average molecular weight is 305 g/mol. The number of aliphatic hydroxyl groups excluding tert-OH is 1. The van der Waals surface area contributed by atoms with Crippen LogP contribution in [-0.2, 0) is 16.0 Å². The number of aliphatic hydroxyl groups is 1. The number of amides is 1. The van der Waals surface area contributed by atoms with Gasteiger partial charge in [-0.2, -0.15) is 0 Å². The highest BCUT2D eigenvalue weighted by Crippen LogP contribution is 2.30. The number of hydrogen-bond acceptors (Lipinski definition) is 4. The van der Waals surface area contributed by atoms with Crippen LogP contribution in [0.4, 0.5) is 4.79 Å². The van der Waals surface area contributed by atoms with Crippen molar-refractivity contribution in [2.45, 2.75) is 51.4 Å². The van der Waals surface area contributed by atoms with E-state index in [9.17, 15) is 14.7 Å². The van der Waals surface area contributed by atoms with Crippen molar-refractivity contribution in [1.29, 1.82) is 0 Å². The van der Waals surface area contributed by atoms with E-state index >= 15 is 0 Å². The molecule has 3 atom stereocenters. The highest BCUT2D eigenvalue weighted by Gasteiger charge is 2.44. The number of ether oxygens (including phenoxy) is 1. The summed E-state index contributed by atoms with van der Waals surface area (Å²) in [5.41, 5.74) is 0.373. The second kappa shape index (κ2) is 6.48. The third kappa shape index (κ3) is 4.84. The molecule has 1 aromatic carbocycles. The quantitative estimate of drug-likeness (QED) is 0.873. The van der Waals surface area contributed by atoms with Crippen molar-refractivity contribution in [1.82, 2.24) is 5.32 Å². The molecule has 2 rings (SSSR count). The lowest BCUT2D eigenvalue weighted by molar-refractivity contribution is -0.112. The van der Waals surface area contributed by atoms with Gasteiger partial charge < -0.3 is 15.2 Å². The van der Waals surface area contributed by atoms with Gasteiger partial charge in [0.2, 0.25) is 0 Å². The largest absolute Gasteiger partial charge is 0.444 e. The molecule has 0 bridgehead atoms. The molecule has 2 unspecified atom stereocenters. The SMILES string of the molecule is CC(C)(C)OC(=O)N[C@@H](Cc1ccccc1)C(O)C1CC1=O. The number of ketones is 1. The van der Waals surface area contributed by atoms with E-state index in [1.54, 1.807) is 20.8 Å². The summed E-state index contributed by atoms with van der Waals surface area (Å²) in [6, 6.07) is 8.99. The lowest BCUT2D eigenvalue weighted by Crippen LogP contribution is -2.47. The molecule has 0 spiro atoms. The third-order valence-electron chi connectivity index (χ3n) is 3.50. The monoisotopic (exact) mass is 305 g/mol. The molecule has 1 fully saturated rings. The van der Waals surface area contributed by atoms with E-state index in [2.05, 4.69) is 5.32 Å². The summed E-state index contributed by atoms with van der Waals surface area (Å²) in [6.07, 6.45) is -0.645. The van der Waals surface area contributed by atoms with E-state index in [1.165, 1.54) is 0 Å². The van der Waals surface area contributed by atoms with Crippen molar-refractivity contribution < 1.29 is 19.4 Å². The summed E-state index contributed by atoms with van der Waals surface area (Å²) in [5, 5.41) is 13.0. The second-order valence-corrected chi connectivity index (χ2v) is 6.71. The summed E-state index contributed by atoms with van der Waals surface area (Å²) < 4.78 is 5.24. The topological polar surface area (TPSA) is 75.6 Å². The Morgan fingerprint density at radius 3 is 2.45 bits per heavy atom. The van der Waals surface area contributed by atoms with Crippen molar-refractivity contribution in [2.75, 3.05) is 0 Å². The Kier molecular flexibility index (Phi) is 4.86. The van der Waals surface area contributed by atoms with Gasteiger partial charge >= 0.3 is 6.09 Å². The number of carbonyl (C=O) groups is 2. The minimum Gasteiger partial charge on any atom is -0.444 e. The molecule has 0 saturated heterocycles. The number of hydrogen-bond donors (Lipinski definition) is 2. The first-order chi connectivity index (χ1) is 10.3. The van der Waals surface area contributed by atoms with Gasteiger partial charge in [-0.1, -0.05) is 30.3 Å². The zero-order valence-corrected chi connectivity index (χ0v) is 13.2. The lowest BCUT2D eigenvalue weighted by atomic mass is 9.98. The van der Waals surface area contributed by atoms with E-state index in [0.29, 0.717) is 12.8 Å². The smallest absolute Gasteiger partial charge is 0.407 e. The van der Waals surface area contributed by atoms with Gasteiger partial charge in [0.15, 0.2) is 0 Å². The van der Waals surface area contributed by atoms with Crippen molar-refractivity contribution in [2.24, 2.45) is 5.92 Å². The van der Waals surface area contributed by atoms with Crippen molar-refractivity contribution in [3.8, 4) is 0 Å². The average Bonchev–Trinajstić information content (AvgIpc) is 3.13. The maximum Gasteiger partial charge on any atom is 0.407 e. The summed E-state index contributed by atoms with van der Waals surface area (Å²) >= 11 is 0. The van der Waals surface area contributed by atoms with Crippen molar-refractivity contribution in [3.63, 3.8) is 0 Å². The van der Waals surface area contributed by atoms with Crippen LogP contribution in [0.15, 0.2) is 30.3 Å². The van der Waals surface area contributed by atoms with Gasteiger partial charge in [0.25, 0.3) is 0 Å². The Bertz CT molecular complexity index is 535. The molecule has 120 valence electrons. The Balaban J connectivity index is 2.04. The molecule has 0 aromatic heterocycles. The van der Waals surface area contributed by atoms with Crippen LogP contribution >= 0.6 is 0 Å². The number of Topliss-reactive ketones (excluding diaryl/α,β-unsaturated/α-hetero) is 1. The Morgan fingerprint density at radius 2 is 1.95 bits per heavy atom. The van der Waals surface area contributed by atoms with Crippen LogP contribution in [0.3, 0.4) is 0 Å². The first-order valence-electron chi connectivity index (χ1n) is 7.50. The van der Waals surface area contributed by atoms with Crippen LogP contribution in [0.25, 0.3) is 0 Å². The molecule has 0 aliphatic heterocycles. The lowest BCUT2D eigenvalue weighted by Gasteiger charge is -2.26. The molecule has 5 nitrogen and oxygen atoms in total. The number of benzene rings is 1. The molecular formula is C17H23NO4. The molecule has 1 aliphatic rings. The molecule has 22 heavy (non-hydrogen) atoms. The van der Waals surface area contributed by atoms with Crippen LogP contribution in [0, 0.1) is 5.92 Å². The summed E-state index contributed by atoms with van der Waals surface area (Å²) in [7, 11) is 0. The minimum absolute atomic E-state index is 0.0385. The Morgan fingerprint density at radius 1 is 1.36 bits per heavy atom. The fourth-order valence-electron chi connectivity index (χ4n) is 2.33. The number of carbonyl (C=O) groups excluding carboxylic acids is 2. The maximum atomic E-state index is 12.0. The predicted octanol–water partition coefficient (Wildman–Crippen LogP) is 2.07. The molecule has 0 radical (unpaired) electrons. The summed E-state index contributed by atoms with van der Waals surface area (Å²) in [4.78, 5) is 23.3. The normalized spacial score (nSPS) is 20.2. The van der Waals surface area contributed by atoms with Crippen molar-refractivity contribution in [3.05, 3.63) is 35.9 Å². The van der Waals surface area contributed by atoms with E-state index < -0.39 is 23.8 Å². The van der Waals surface area contributed by atoms with Gasteiger partial charge in [0.05, 0.1) is 18.1 Å². The minimum atomic E-state index is -0.889. The van der Waals surface area contributed by atoms with Gasteiger partial charge in [0, 0.05) is 6.42 Å². The van der Waals surface area contributed by atoms with Crippen LogP contribution < -0.4 is 5.32 Å².